The molecule has 0 radical (unpaired) electrons. The van der Waals surface area contributed by atoms with Crippen molar-refractivity contribution < 1.29 is 14.6 Å². The van der Waals surface area contributed by atoms with Gasteiger partial charge in [-0.15, -0.1) is 0 Å². The Labute approximate surface area is 137 Å². The van der Waals surface area contributed by atoms with E-state index >= 15 is 0 Å². The number of carbonyl (C=O) groups is 1. The van der Waals surface area contributed by atoms with Crippen LogP contribution in [0.5, 0.6) is 5.75 Å². The summed E-state index contributed by atoms with van der Waals surface area (Å²) in [4.78, 5) is 22.4. The fourth-order valence-corrected chi connectivity index (χ4v) is 2.18. The third-order valence-corrected chi connectivity index (χ3v) is 3.43. The van der Waals surface area contributed by atoms with E-state index in [1.807, 2.05) is 30.3 Å². The van der Waals surface area contributed by atoms with Gasteiger partial charge in [-0.05, 0) is 35.9 Å². The van der Waals surface area contributed by atoms with E-state index in [2.05, 4.69) is 10.2 Å². The molecular formula is C18H14N2O4. The Morgan fingerprint density at radius 1 is 1.08 bits per heavy atom. The molecule has 0 aliphatic carbocycles. The number of carboxylic acid groups (broad SMARTS) is 1. The molecule has 120 valence electrons. The van der Waals surface area contributed by atoms with Crippen molar-refractivity contribution in [2.75, 3.05) is 0 Å². The van der Waals surface area contributed by atoms with Crippen LogP contribution < -0.4 is 10.3 Å². The second-order valence-corrected chi connectivity index (χ2v) is 5.10. The van der Waals surface area contributed by atoms with E-state index in [9.17, 15) is 9.59 Å². The van der Waals surface area contributed by atoms with Crippen LogP contribution in [0.15, 0.2) is 65.5 Å². The quantitative estimate of drug-likeness (QED) is 0.753. The average molecular weight is 322 g/mol. The highest BCUT2D eigenvalue weighted by Gasteiger charge is 2.11. The molecule has 2 aromatic carbocycles. The number of H-pyrrole nitrogens is 1. The molecule has 0 spiro atoms. The topological polar surface area (TPSA) is 92.3 Å². The van der Waals surface area contributed by atoms with Gasteiger partial charge in [0.2, 0.25) is 0 Å². The van der Waals surface area contributed by atoms with Crippen LogP contribution in [0.3, 0.4) is 0 Å². The molecule has 2 N–H and O–H groups in total. The van der Waals surface area contributed by atoms with Gasteiger partial charge in [0.25, 0.3) is 5.56 Å². The zero-order chi connectivity index (χ0) is 16.9. The first-order valence-electron chi connectivity index (χ1n) is 7.23. The highest BCUT2D eigenvalue weighted by Crippen LogP contribution is 2.21. The minimum atomic E-state index is -1.29. The van der Waals surface area contributed by atoms with Crippen LogP contribution in [0.2, 0.25) is 0 Å². The summed E-state index contributed by atoms with van der Waals surface area (Å²) in [6, 6.07) is 18.1. The molecule has 0 amide bonds. The molecule has 3 aromatic rings. The number of nitrogens with one attached hydrogen (secondary N) is 1. The van der Waals surface area contributed by atoms with Gasteiger partial charge in [-0.3, -0.25) is 4.79 Å². The van der Waals surface area contributed by atoms with E-state index in [0.29, 0.717) is 23.6 Å². The summed E-state index contributed by atoms with van der Waals surface area (Å²) >= 11 is 0. The standard InChI is InChI=1S/C18H14N2O4/c21-17-15(18(22)23)10-16(19-20-17)13-6-8-14(9-7-13)24-11-12-4-2-1-3-5-12/h1-10H,11H2,(H,20,21)(H,22,23). The van der Waals surface area contributed by atoms with Crippen molar-refractivity contribution in [3.8, 4) is 17.0 Å². The van der Waals surface area contributed by atoms with E-state index in [1.165, 1.54) is 6.07 Å². The number of aromatic nitrogens is 2. The number of nitrogens with zero attached hydrogens (tertiary/aromatic N) is 1. The molecule has 0 unspecified atom stereocenters. The van der Waals surface area contributed by atoms with E-state index in [-0.39, 0.29) is 5.56 Å². The van der Waals surface area contributed by atoms with Crippen LogP contribution in [0.1, 0.15) is 15.9 Å². The second kappa shape index (κ2) is 6.78. The molecule has 0 atom stereocenters. The van der Waals surface area contributed by atoms with Gasteiger partial charge in [-0.25, -0.2) is 9.89 Å². The fraction of sp³-hybridized carbons (Fsp3) is 0.0556. The first kappa shape index (κ1) is 15.5. The highest BCUT2D eigenvalue weighted by atomic mass is 16.5. The zero-order valence-corrected chi connectivity index (χ0v) is 12.6. The van der Waals surface area contributed by atoms with Crippen molar-refractivity contribution in [2.24, 2.45) is 0 Å². The lowest BCUT2D eigenvalue weighted by molar-refractivity contribution is 0.0694. The fourth-order valence-electron chi connectivity index (χ4n) is 2.18. The summed E-state index contributed by atoms with van der Waals surface area (Å²) in [6.45, 7) is 0.459. The number of aromatic carboxylic acids is 1. The number of rotatable bonds is 5. The first-order valence-corrected chi connectivity index (χ1v) is 7.23. The van der Waals surface area contributed by atoms with Crippen molar-refractivity contribution in [3.63, 3.8) is 0 Å². The van der Waals surface area contributed by atoms with E-state index < -0.39 is 11.5 Å². The normalized spacial score (nSPS) is 10.3. The van der Waals surface area contributed by atoms with Crippen LogP contribution in [-0.2, 0) is 6.61 Å². The lowest BCUT2D eigenvalue weighted by Gasteiger charge is -2.07. The van der Waals surface area contributed by atoms with Crippen LogP contribution in [0.4, 0.5) is 0 Å². The highest BCUT2D eigenvalue weighted by molar-refractivity contribution is 5.88. The molecule has 3 rings (SSSR count). The van der Waals surface area contributed by atoms with E-state index in [1.54, 1.807) is 24.3 Å². The first-order chi connectivity index (χ1) is 11.6. The molecule has 6 nitrogen and oxygen atoms in total. The maximum absolute atomic E-state index is 11.4. The minimum Gasteiger partial charge on any atom is -0.489 e. The molecule has 0 aliphatic rings. The van der Waals surface area contributed by atoms with Gasteiger partial charge >= 0.3 is 5.97 Å². The van der Waals surface area contributed by atoms with Crippen molar-refractivity contribution >= 4 is 5.97 Å². The Morgan fingerprint density at radius 3 is 2.46 bits per heavy atom. The van der Waals surface area contributed by atoms with Crippen molar-refractivity contribution in [1.82, 2.24) is 10.2 Å². The van der Waals surface area contributed by atoms with Gasteiger partial charge in [0.15, 0.2) is 0 Å². The zero-order valence-electron chi connectivity index (χ0n) is 12.6. The van der Waals surface area contributed by atoms with Crippen molar-refractivity contribution in [1.29, 1.82) is 0 Å². The van der Waals surface area contributed by atoms with Crippen LogP contribution in [0, 0.1) is 0 Å². The van der Waals surface area contributed by atoms with Crippen LogP contribution in [-0.4, -0.2) is 21.3 Å². The Balaban J connectivity index is 1.76. The molecule has 0 bridgehead atoms. The lowest BCUT2D eigenvalue weighted by Crippen LogP contribution is -2.18. The third kappa shape index (κ3) is 3.49. The SMILES string of the molecule is O=C(O)c1cc(-c2ccc(OCc3ccccc3)cc2)n[nH]c1=O. The summed E-state index contributed by atoms with van der Waals surface area (Å²) in [7, 11) is 0. The maximum Gasteiger partial charge on any atom is 0.341 e. The summed E-state index contributed by atoms with van der Waals surface area (Å²) in [5, 5.41) is 15.1. The third-order valence-electron chi connectivity index (χ3n) is 3.43. The number of benzene rings is 2. The lowest BCUT2D eigenvalue weighted by atomic mass is 10.1. The molecule has 1 heterocycles. The smallest absolute Gasteiger partial charge is 0.341 e. The summed E-state index contributed by atoms with van der Waals surface area (Å²) < 4.78 is 5.69. The van der Waals surface area contributed by atoms with Crippen molar-refractivity contribution in [3.05, 3.63) is 82.1 Å². The van der Waals surface area contributed by atoms with Gasteiger partial charge in [0.1, 0.15) is 17.9 Å². The molecule has 6 heteroatoms. The maximum atomic E-state index is 11.4. The second-order valence-electron chi connectivity index (χ2n) is 5.10. The summed E-state index contributed by atoms with van der Waals surface area (Å²) in [5.74, 6) is -0.604. The Bertz CT molecular complexity index is 902. The largest absolute Gasteiger partial charge is 0.489 e. The Hall–Kier alpha value is -3.41. The van der Waals surface area contributed by atoms with Gasteiger partial charge in [0, 0.05) is 5.56 Å². The van der Waals surface area contributed by atoms with Gasteiger partial charge in [-0.2, -0.15) is 5.10 Å². The average Bonchev–Trinajstić information content (AvgIpc) is 2.61. The number of hydrogen-bond acceptors (Lipinski definition) is 4. The molecular weight excluding hydrogens is 308 g/mol. The Morgan fingerprint density at radius 2 is 1.79 bits per heavy atom. The predicted molar refractivity (Wildman–Crippen MR) is 88.0 cm³/mol. The number of aromatic amines is 1. The number of hydrogen-bond donors (Lipinski definition) is 2. The number of carboxylic acids is 1. The Kier molecular flexibility index (Phi) is 4.38. The monoisotopic (exact) mass is 322 g/mol. The van der Waals surface area contributed by atoms with Crippen molar-refractivity contribution in [2.45, 2.75) is 6.61 Å². The molecule has 24 heavy (non-hydrogen) atoms. The van der Waals surface area contributed by atoms with Gasteiger partial charge in [-0.1, -0.05) is 30.3 Å². The molecule has 0 aliphatic heterocycles. The van der Waals surface area contributed by atoms with Gasteiger partial charge < -0.3 is 9.84 Å². The van der Waals surface area contributed by atoms with E-state index in [4.69, 9.17) is 9.84 Å². The molecule has 0 fully saturated rings. The van der Waals surface area contributed by atoms with Crippen LogP contribution >= 0.6 is 0 Å². The molecule has 0 saturated carbocycles. The summed E-state index contributed by atoms with van der Waals surface area (Å²) in [5.41, 5.74) is 1.05. The van der Waals surface area contributed by atoms with E-state index in [0.717, 1.165) is 5.56 Å². The number of ether oxygens (including phenoxy) is 1. The van der Waals surface area contributed by atoms with Crippen LogP contribution in [0.25, 0.3) is 11.3 Å². The van der Waals surface area contributed by atoms with Gasteiger partial charge in [0.05, 0.1) is 5.69 Å². The summed E-state index contributed by atoms with van der Waals surface area (Å²) in [6.07, 6.45) is 0. The minimum absolute atomic E-state index is 0.343. The molecule has 1 aromatic heterocycles. The molecule has 0 saturated heterocycles. The predicted octanol–water partition coefficient (Wildman–Crippen LogP) is 2.71.